The molecule has 0 amide bonds. The Bertz CT molecular complexity index is 612. The maximum atomic E-state index is 12.5. The van der Waals surface area contributed by atoms with E-state index in [-0.39, 0.29) is 11.2 Å². The zero-order chi connectivity index (χ0) is 14.2. The van der Waals surface area contributed by atoms with Crippen LogP contribution in [0.2, 0.25) is 0 Å². The van der Waals surface area contributed by atoms with E-state index in [0.717, 1.165) is 17.5 Å². The van der Waals surface area contributed by atoms with Crippen molar-refractivity contribution in [3.8, 4) is 5.75 Å². The lowest BCUT2D eigenvalue weighted by atomic mass is 10.0. The highest BCUT2D eigenvalue weighted by molar-refractivity contribution is 7.15. The van der Waals surface area contributed by atoms with Crippen LogP contribution in [0.5, 0.6) is 5.75 Å². The molecule has 3 nitrogen and oxygen atoms in total. The Balaban J connectivity index is 1.81. The van der Waals surface area contributed by atoms with Crippen LogP contribution >= 0.6 is 11.3 Å². The van der Waals surface area contributed by atoms with Gasteiger partial charge >= 0.3 is 6.18 Å². The van der Waals surface area contributed by atoms with Gasteiger partial charge in [0.1, 0.15) is 10.6 Å². The first-order valence-electron chi connectivity index (χ1n) is 6.05. The van der Waals surface area contributed by atoms with Crippen LogP contribution < -0.4 is 10.1 Å². The van der Waals surface area contributed by atoms with Gasteiger partial charge in [-0.2, -0.15) is 13.2 Å². The summed E-state index contributed by atoms with van der Waals surface area (Å²) in [6.07, 6.45) is -2.79. The molecule has 0 fully saturated rings. The molecule has 0 aliphatic carbocycles. The van der Waals surface area contributed by atoms with E-state index in [1.165, 1.54) is 0 Å². The minimum Gasteiger partial charge on any atom is -0.493 e. The Morgan fingerprint density at radius 1 is 1.30 bits per heavy atom. The Morgan fingerprint density at radius 2 is 2.10 bits per heavy atom. The van der Waals surface area contributed by atoms with Gasteiger partial charge in [-0.1, -0.05) is 29.5 Å². The van der Waals surface area contributed by atoms with Gasteiger partial charge in [0, 0.05) is 12.0 Å². The number of halogens is 3. The molecule has 0 saturated heterocycles. The van der Waals surface area contributed by atoms with E-state index in [0.29, 0.717) is 24.4 Å². The fourth-order valence-corrected chi connectivity index (χ4v) is 2.85. The average molecular weight is 300 g/mol. The van der Waals surface area contributed by atoms with Crippen molar-refractivity contribution < 1.29 is 17.9 Å². The summed E-state index contributed by atoms with van der Waals surface area (Å²) in [6, 6.07) is 7.43. The Labute approximate surface area is 117 Å². The number of thiazole rings is 1. The van der Waals surface area contributed by atoms with E-state index in [4.69, 9.17) is 4.74 Å². The number of hydrogen-bond donors (Lipinski definition) is 1. The molecule has 1 aromatic carbocycles. The van der Waals surface area contributed by atoms with Crippen molar-refractivity contribution in [2.45, 2.75) is 18.6 Å². The number of fused-ring (bicyclic) bond motifs is 1. The monoisotopic (exact) mass is 300 g/mol. The summed E-state index contributed by atoms with van der Waals surface area (Å²) in [4.78, 5) is 3.10. The molecule has 0 bridgehead atoms. The van der Waals surface area contributed by atoms with Crippen LogP contribution in [0.25, 0.3) is 0 Å². The lowest BCUT2D eigenvalue weighted by Crippen LogP contribution is -2.20. The van der Waals surface area contributed by atoms with Gasteiger partial charge in [-0.3, -0.25) is 0 Å². The molecule has 2 heterocycles. The second-order valence-corrected chi connectivity index (χ2v) is 5.43. The Morgan fingerprint density at radius 3 is 2.85 bits per heavy atom. The van der Waals surface area contributed by atoms with Gasteiger partial charge in [-0.05, 0) is 6.07 Å². The minimum atomic E-state index is -4.34. The number of para-hydroxylation sites is 1. The van der Waals surface area contributed by atoms with Crippen molar-refractivity contribution in [3.63, 3.8) is 0 Å². The van der Waals surface area contributed by atoms with Gasteiger partial charge < -0.3 is 10.1 Å². The van der Waals surface area contributed by atoms with Crippen LogP contribution in [0.4, 0.5) is 18.3 Å². The third kappa shape index (κ3) is 2.58. The zero-order valence-corrected chi connectivity index (χ0v) is 11.1. The summed E-state index contributed by atoms with van der Waals surface area (Å²) < 4.78 is 43.1. The molecule has 1 aliphatic rings. The minimum absolute atomic E-state index is 0.0767. The van der Waals surface area contributed by atoms with E-state index in [1.54, 1.807) is 0 Å². The Kier molecular flexibility index (Phi) is 3.29. The van der Waals surface area contributed by atoms with E-state index in [2.05, 4.69) is 10.3 Å². The molecular weight excluding hydrogens is 289 g/mol. The maximum Gasteiger partial charge on any atom is 0.427 e. The van der Waals surface area contributed by atoms with E-state index in [9.17, 15) is 13.2 Å². The third-order valence-corrected chi connectivity index (χ3v) is 4.01. The second kappa shape index (κ2) is 4.97. The molecule has 0 saturated carbocycles. The van der Waals surface area contributed by atoms with Gasteiger partial charge in [0.05, 0.1) is 18.8 Å². The molecule has 1 unspecified atom stereocenters. The predicted octanol–water partition coefficient (Wildman–Crippen LogP) is 4.10. The van der Waals surface area contributed by atoms with Crippen molar-refractivity contribution in [1.82, 2.24) is 4.98 Å². The number of hydrogen-bond acceptors (Lipinski definition) is 4. The van der Waals surface area contributed by atoms with Crippen molar-refractivity contribution in [2.24, 2.45) is 0 Å². The summed E-state index contributed by atoms with van der Waals surface area (Å²) in [5.74, 6) is 0.767. The highest BCUT2D eigenvalue weighted by atomic mass is 32.1. The van der Waals surface area contributed by atoms with Crippen LogP contribution in [0, 0.1) is 0 Å². The number of nitrogens with zero attached hydrogens (tertiary/aromatic N) is 1. The van der Waals surface area contributed by atoms with E-state index in [1.807, 2.05) is 24.3 Å². The van der Waals surface area contributed by atoms with Crippen molar-refractivity contribution in [3.05, 3.63) is 40.9 Å². The quantitative estimate of drug-likeness (QED) is 0.906. The molecule has 106 valence electrons. The van der Waals surface area contributed by atoms with Crippen LogP contribution in [-0.4, -0.2) is 11.6 Å². The third-order valence-electron chi connectivity index (χ3n) is 3.04. The Hall–Kier alpha value is -1.76. The van der Waals surface area contributed by atoms with Crippen molar-refractivity contribution in [2.75, 3.05) is 11.9 Å². The maximum absolute atomic E-state index is 12.5. The fraction of sp³-hybridized carbons (Fsp3) is 0.308. The number of anilines is 1. The van der Waals surface area contributed by atoms with Gasteiger partial charge in [0.15, 0.2) is 5.13 Å². The van der Waals surface area contributed by atoms with Gasteiger partial charge in [0.2, 0.25) is 0 Å². The highest BCUT2D eigenvalue weighted by Gasteiger charge is 2.33. The molecule has 3 rings (SSSR count). The molecule has 20 heavy (non-hydrogen) atoms. The number of aromatic nitrogens is 1. The largest absolute Gasteiger partial charge is 0.493 e. The highest BCUT2D eigenvalue weighted by Crippen LogP contribution is 2.38. The molecule has 1 N–H and O–H groups in total. The van der Waals surface area contributed by atoms with Crippen LogP contribution in [0.1, 0.15) is 22.9 Å². The second-order valence-electron chi connectivity index (χ2n) is 4.40. The lowest BCUT2D eigenvalue weighted by Gasteiger charge is -2.26. The molecule has 1 atom stereocenters. The first kappa shape index (κ1) is 13.2. The zero-order valence-electron chi connectivity index (χ0n) is 10.3. The van der Waals surface area contributed by atoms with Gasteiger partial charge in [-0.25, -0.2) is 4.98 Å². The van der Waals surface area contributed by atoms with Crippen LogP contribution in [-0.2, 0) is 6.18 Å². The average Bonchev–Trinajstić information content (AvgIpc) is 2.88. The summed E-state index contributed by atoms with van der Waals surface area (Å²) in [5, 5.41) is 3.33. The molecule has 1 aromatic heterocycles. The summed E-state index contributed by atoms with van der Waals surface area (Å²) >= 11 is 0.620. The van der Waals surface area contributed by atoms with E-state index < -0.39 is 11.1 Å². The molecule has 2 aromatic rings. The van der Waals surface area contributed by atoms with Crippen LogP contribution in [0.15, 0.2) is 30.5 Å². The number of ether oxygens (including phenoxy) is 1. The number of benzene rings is 1. The normalized spacial score (nSPS) is 18.2. The lowest BCUT2D eigenvalue weighted by molar-refractivity contribution is -0.134. The SMILES string of the molecule is FC(F)(F)c1cnc(NC2CCOc3ccccc32)s1. The first-order chi connectivity index (χ1) is 9.54. The molecular formula is C13H11F3N2OS. The number of nitrogens with one attached hydrogen (secondary N) is 1. The van der Waals surface area contributed by atoms with Gasteiger partial charge in [0.25, 0.3) is 0 Å². The standard InChI is InChI=1S/C13H11F3N2OS/c14-13(15,16)11-7-17-12(20-11)18-9-5-6-19-10-4-2-1-3-8(9)10/h1-4,7,9H,5-6H2,(H,17,18). The van der Waals surface area contributed by atoms with Gasteiger partial charge in [-0.15, -0.1) is 0 Å². The summed E-state index contributed by atoms with van der Waals surface area (Å²) in [7, 11) is 0. The topological polar surface area (TPSA) is 34.2 Å². The predicted molar refractivity (Wildman–Crippen MR) is 70.0 cm³/mol. The molecule has 1 aliphatic heterocycles. The molecule has 0 spiro atoms. The van der Waals surface area contributed by atoms with Crippen molar-refractivity contribution >= 4 is 16.5 Å². The first-order valence-corrected chi connectivity index (χ1v) is 6.87. The summed E-state index contributed by atoms with van der Waals surface area (Å²) in [6.45, 7) is 0.534. The smallest absolute Gasteiger partial charge is 0.427 e. The number of rotatable bonds is 2. The number of alkyl halides is 3. The molecule has 7 heteroatoms. The fourth-order valence-electron chi connectivity index (χ4n) is 2.11. The van der Waals surface area contributed by atoms with Crippen LogP contribution in [0.3, 0.4) is 0 Å². The molecule has 0 radical (unpaired) electrons. The van der Waals surface area contributed by atoms with E-state index >= 15 is 0 Å². The summed E-state index contributed by atoms with van der Waals surface area (Å²) in [5.41, 5.74) is 0.947. The van der Waals surface area contributed by atoms with Crippen molar-refractivity contribution in [1.29, 1.82) is 0 Å².